The minimum absolute atomic E-state index is 0.125. The van der Waals surface area contributed by atoms with Crippen LogP contribution in [0.3, 0.4) is 0 Å². The van der Waals surface area contributed by atoms with E-state index in [0.717, 1.165) is 5.56 Å². The van der Waals surface area contributed by atoms with E-state index in [1.807, 2.05) is 20.8 Å². The van der Waals surface area contributed by atoms with Crippen molar-refractivity contribution in [3.63, 3.8) is 0 Å². The van der Waals surface area contributed by atoms with Gasteiger partial charge in [-0.3, -0.25) is 14.0 Å². The maximum absolute atomic E-state index is 14.7. The fourth-order valence-electron chi connectivity index (χ4n) is 3.35. The molecule has 1 aliphatic rings. The first-order valence-electron chi connectivity index (χ1n) is 10.0. The van der Waals surface area contributed by atoms with Gasteiger partial charge in [0.25, 0.3) is 12.4 Å². The van der Waals surface area contributed by atoms with E-state index in [2.05, 4.69) is 20.4 Å². The van der Waals surface area contributed by atoms with Gasteiger partial charge < -0.3 is 25.0 Å². The molecular formula is C20H25FN6O5. The second-order valence-electron chi connectivity index (χ2n) is 7.76. The van der Waals surface area contributed by atoms with Crippen LogP contribution < -0.4 is 10.2 Å². The third kappa shape index (κ3) is 4.85. The fraction of sp³-hybridized carbons (Fsp3) is 0.450. The van der Waals surface area contributed by atoms with Gasteiger partial charge in [-0.05, 0) is 25.0 Å². The Morgan fingerprint density at radius 3 is 2.75 bits per heavy atom. The SMILES string of the molecule is Cc1ccc2nc(C(=O)N[C@@H]3CN(c4nc(C(C)C)no4)CC[C@@H]3O)c(F)n2c1.O=CO. The number of hydrogen-bond acceptors (Lipinski definition) is 8. The van der Waals surface area contributed by atoms with Crippen molar-refractivity contribution in [2.75, 3.05) is 18.0 Å². The molecule has 0 radical (unpaired) electrons. The number of nitrogens with one attached hydrogen (secondary N) is 1. The van der Waals surface area contributed by atoms with Gasteiger partial charge in [-0.25, -0.2) is 4.98 Å². The van der Waals surface area contributed by atoms with Crippen LogP contribution in [0.15, 0.2) is 22.9 Å². The first kappa shape index (κ1) is 23.1. The van der Waals surface area contributed by atoms with E-state index < -0.39 is 24.0 Å². The maximum atomic E-state index is 14.7. The lowest BCUT2D eigenvalue weighted by Gasteiger charge is -2.35. The standard InChI is InChI=1S/C19H23FN6O3.CH2O2/c1-10(2)17-23-19(29-24-17)25-7-6-13(27)12(9-25)21-18(28)15-16(20)26-8-11(3)4-5-14(26)22-15;2-1-3/h4-5,8,10,12-13,27H,6-7,9H2,1-3H3,(H,21,28);1H,(H,2,3)/t12-,13+;/m1./s1. The highest BCUT2D eigenvalue weighted by Gasteiger charge is 2.33. The number of carboxylic acid groups (broad SMARTS) is 1. The van der Waals surface area contributed by atoms with Gasteiger partial charge in [0, 0.05) is 25.2 Å². The van der Waals surface area contributed by atoms with Gasteiger partial charge >= 0.3 is 6.01 Å². The van der Waals surface area contributed by atoms with E-state index in [1.165, 1.54) is 4.40 Å². The highest BCUT2D eigenvalue weighted by Crippen LogP contribution is 2.21. The predicted molar refractivity (Wildman–Crippen MR) is 111 cm³/mol. The van der Waals surface area contributed by atoms with Gasteiger partial charge in [-0.15, -0.1) is 0 Å². The normalized spacial score (nSPS) is 18.4. The lowest BCUT2D eigenvalue weighted by atomic mass is 10.0. The van der Waals surface area contributed by atoms with Gasteiger partial charge in [0.1, 0.15) is 5.65 Å². The van der Waals surface area contributed by atoms with E-state index in [-0.39, 0.29) is 24.6 Å². The number of aliphatic hydroxyl groups excluding tert-OH is 1. The van der Waals surface area contributed by atoms with Gasteiger partial charge in [-0.1, -0.05) is 25.1 Å². The topological polar surface area (TPSA) is 146 Å². The second-order valence-corrected chi connectivity index (χ2v) is 7.76. The van der Waals surface area contributed by atoms with Crippen molar-refractivity contribution in [3.8, 4) is 0 Å². The van der Waals surface area contributed by atoms with Crippen LogP contribution in [-0.2, 0) is 4.79 Å². The van der Waals surface area contributed by atoms with Crippen LogP contribution in [0.1, 0.15) is 48.1 Å². The van der Waals surface area contributed by atoms with Crippen LogP contribution in [0.4, 0.5) is 10.4 Å². The number of piperidine rings is 1. The number of carbonyl (C=O) groups excluding carboxylic acids is 1. The quantitative estimate of drug-likeness (QED) is 0.503. The number of rotatable bonds is 4. The highest BCUT2D eigenvalue weighted by molar-refractivity contribution is 5.93. The zero-order valence-electron chi connectivity index (χ0n) is 17.9. The number of imidazole rings is 1. The monoisotopic (exact) mass is 448 g/mol. The molecule has 0 spiro atoms. The number of aromatic nitrogens is 4. The number of amides is 1. The number of pyridine rings is 1. The Labute approximate surface area is 182 Å². The fourth-order valence-corrected chi connectivity index (χ4v) is 3.35. The number of aryl methyl sites for hydroxylation is 1. The summed E-state index contributed by atoms with van der Waals surface area (Å²) in [5.74, 6) is -0.696. The van der Waals surface area contributed by atoms with Crippen molar-refractivity contribution in [3.05, 3.63) is 41.4 Å². The minimum Gasteiger partial charge on any atom is -0.483 e. The highest BCUT2D eigenvalue weighted by atomic mass is 19.1. The van der Waals surface area contributed by atoms with Crippen LogP contribution in [0, 0.1) is 12.9 Å². The number of halogens is 1. The summed E-state index contributed by atoms with van der Waals surface area (Å²) in [7, 11) is 0. The number of fused-ring (bicyclic) bond motifs is 1. The first-order valence-corrected chi connectivity index (χ1v) is 10.0. The number of nitrogens with zero attached hydrogens (tertiary/aromatic N) is 5. The number of carbonyl (C=O) groups is 2. The summed E-state index contributed by atoms with van der Waals surface area (Å²) < 4.78 is 21.2. The Bertz CT molecular complexity index is 1100. The third-order valence-electron chi connectivity index (χ3n) is 5.03. The van der Waals surface area contributed by atoms with Gasteiger partial charge in [0.05, 0.1) is 12.1 Å². The molecule has 172 valence electrons. The van der Waals surface area contributed by atoms with Crippen LogP contribution in [-0.4, -0.2) is 67.4 Å². The molecule has 4 heterocycles. The van der Waals surface area contributed by atoms with Crippen LogP contribution in [0.5, 0.6) is 0 Å². The Morgan fingerprint density at radius 2 is 2.09 bits per heavy atom. The van der Waals surface area contributed by atoms with Gasteiger partial charge in [0.15, 0.2) is 11.5 Å². The number of anilines is 1. The molecule has 11 nitrogen and oxygen atoms in total. The zero-order chi connectivity index (χ0) is 23.4. The lowest BCUT2D eigenvalue weighted by Crippen LogP contribution is -2.55. The smallest absolute Gasteiger partial charge is 0.324 e. The average molecular weight is 448 g/mol. The zero-order valence-corrected chi connectivity index (χ0v) is 17.9. The van der Waals surface area contributed by atoms with Crippen LogP contribution >= 0.6 is 0 Å². The maximum Gasteiger partial charge on any atom is 0.324 e. The Balaban J connectivity index is 0.000000913. The van der Waals surface area contributed by atoms with Gasteiger partial charge in [0.2, 0.25) is 5.95 Å². The van der Waals surface area contributed by atoms with Crippen molar-refractivity contribution in [2.45, 2.75) is 45.3 Å². The molecule has 4 rings (SSSR count). The molecule has 1 fully saturated rings. The van der Waals surface area contributed by atoms with Crippen molar-refractivity contribution >= 4 is 24.0 Å². The molecule has 32 heavy (non-hydrogen) atoms. The lowest BCUT2D eigenvalue weighted by molar-refractivity contribution is -0.122. The average Bonchev–Trinajstić information content (AvgIpc) is 3.36. The first-order chi connectivity index (χ1) is 15.2. The molecule has 0 bridgehead atoms. The molecule has 1 aliphatic heterocycles. The molecule has 0 aromatic carbocycles. The predicted octanol–water partition coefficient (Wildman–Crippen LogP) is 1.36. The Morgan fingerprint density at radius 1 is 1.38 bits per heavy atom. The molecule has 3 aromatic rings. The minimum atomic E-state index is -0.773. The van der Waals surface area contributed by atoms with Crippen molar-refractivity contribution in [2.24, 2.45) is 0 Å². The summed E-state index contributed by atoms with van der Waals surface area (Å²) in [6, 6.07) is 3.15. The third-order valence-corrected chi connectivity index (χ3v) is 5.03. The molecule has 0 aliphatic carbocycles. The number of hydrogen-bond donors (Lipinski definition) is 3. The van der Waals surface area contributed by atoms with E-state index >= 15 is 0 Å². The molecular weight excluding hydrogens is 423 g/mol. The van der Waals surface area contributed by atoms with E-state index in [4.69, 9.17) is 14.4 Å². The Hall–Kier alpha value is -3.54. The van der Waals surface area contributed by atoms with Gasteiger partial charge in [-0.2, -0.15) is 9.37 Å². The molecule has 1 saturated heterocycles. The molecule has 0 unspecified atom stereocenters. The van der Waals surface area contributed by atoms with Crippen LogP contribution in [0.25, 0.3) is 5.65 Å². The van der Waals surface area contributed by atoms with E-state index in [1.54, 1.807) is 23.2 Å². The molecule has 1 amide bonds. The summed E-state index contributed by atoms with van der Waals surface area (Å²) in [6.45, 7) is 6.27. The van der Waals surface area contributed by atoms with E-state index in [9.17, 15) is 14.3 Å². The molecule has 3 aromatic heterocycles. The molecule has 2 atom stereocenters. The summed E-state index contributed by atoms with van der Waals surface area (Å²) in [5, 5.41) is 23.9. The van der Waals surface area contributed by atoms with Crippen molar-refractivity contribution in [1.29, 1.82) is 0 Å². The summed E-state index contributed by atoms with van der Waals surface area (Å²) in [5.41, 5.74) is 0.885. The summed E-state index contributed by atoms with van der Waals surface area (Å²) in [4.78, 5) is 31.3. The molecule has 12 heteroatoms. The summed E-state index contributed by atoms with van der Waals surface area (Å²) in [6.07, 6.45) is 1.20. The number of aliphatic hydroxyl groups is 1. The van der Waals surface area contributed by atoms with Crippen molar-refractivity contribution in [1.82, 2.24) is 24.8 Å². The summed E-state index contributed by atoms with van der Waals surface area (Å²) >= 11 is 0. The van der Waals surface area contributed by atoms with Crippen LogP contribution in [0.2, 0.25) is 0 Å². The molecule has 0 saturated carbocycles. The van der Waals surface area contributed by atoms with E-state index in [0.29, 0.717) is 30.5 Å². The van der Waals surface area contributed by atoms with Crippen molar-refractivity contribution < 1.29 is 28.7 Å². The largest absolute Gasteiger partial charge is 0.483 e. The molecule has 3 N–H and O–H groups in total. The Kier molecular flexibility index (Phi) is 7.03. The second kappa shape index (κ2) is 9.73.